The van der Waals surface area contributed by atoms with E-state index in [1.165, 1.54) is 19.3 Å². The largest absolute Gasteiger partial charge is 0.330 e. The Morgan fingerprint density at radius 1 is 1.40 bits per heavy atom. The van der Waals surface area contributed by atoms with Crippen LogP contribution in [0, 0.1) is 24.2 Å². The van der Waals surface area contributed by atoms with Gasteiger partial charge in [-0.05, 0) is 31.2 Å². The second kappa shape index (κ2) is 3.63. The molecule has 0 aromatic heterocycles. The number of rotatable bonds is 2. The van der Waals surface area contributed by atoms with Gasteiger partial charge in [0.2, 0.25) is 0 Å². The first-order chi connectivity index (χ1) is 4.88. The maximum atomic E-state index is 5.59. The second-order valence-corrected chi connectivity index (χ2v) is 3.10. The van der Waals surface area contributed by atoms with E-state index in [1.807, 2.05) is 0 Å². The van der Waals surface area contributed by atoms with E-state index in [4.69, 9.17) is 12.2 Å². The third-order valence-electron chi connectivity index (χ3n) is 2.50. The number of hydrogen-bond acceptors (Lipinski definition) is 1. The van der Waals surface area contributed by atoms with Crippen LogP contribution in [0.5, 0.6) is 0 Å². The van der Waals surface area contributed by atoms with Crippen LogP contribution in [0.1, 0.15) is 25.7 Å². The lowest BCUT2D eigenvalue weighted by Gasteiger charge is -2.13. The lowest BCUT2D eigenvalue weighted by molar-refractivity contribution is 0.405. The quantitative estimate of drug-likeness (QED) is 0.572. The lowest BCUT2D eigenvalue weighted by atomic mass is 9.93. The first kappa shape index (κ1) is 7.63. The van der Waals surface area contributed by atoms with E-state index in [-0.39, 0.29) is 0 Å². The molecule has 2 unspecified atom stereocenters. The van der Waals surface area contributed by atoms with Crippen molar-refractivity contribution in [1.29, 1.82) is 0 Å². The Kier molecular flexibility index (Phi) is 2.77. The molecule has 0 radical (unpaired) electrons. The minimum absolute atomic E-state index is 0.719. The van der Waals surface area contributed by atoms with E-state index in [2.05, 4.69) is 5.92 Å². The van der Waals surface area contributed by atoms with Crippen LogP contribution in [0.25, 0.3) is 0 Å². The molecule has 1 heteroatoms. The molecule has 0 bridgehead atoms. The Bertz CT molecular complexity index is 134. The normalized spacial score (nSPS) is 32.0. The van der Waals surface area contributed by atoms with Crippen molar-refractivity contribution < 1.29 is 0 Å². The van der Waals surface area contributed by atoms with Crippen molar-refractivity contribution in [1.82, 2.24) is 0 Å². The van der Waals surface area contributed by atoms with Gasteiger partial charge in [0.1, 0.15) is 0 Å². The van der Waals surface area contributed by atoms with Gasteiger partial charge in [-0.1, -0.05) is 6.42 Å². The molecular weight excluding hydrogens is 122 g/mol. The summed E-state index contributed by atoms with van der Waals surface area (Å²) in [7, 11) is 0. The van der Waals surface area contributed by atoms with Crippen molar-refractivity contribution in [2.75, 3.05) is 6.54 Å². The van der Waals surface area contributed by atoms with Crippen molar-refractivity contribution in [2.24, 2.45) is 17.6 Å². The molecule has 1 fully saturated rings. The third-order valence-corrected chi connectivity index (χ3v) is 2.50. The van der Waals surface area contributed by atoms with Crippen molar-refractivity contribution in [2.45, 2.75) is 25.7 Å². The molecule has 0 heterocycles. The molecule has 0 amide bonds. The average molecular weight is 137 g/mol. The first-order valence-electron chi connectivity index (χ1n) is 4.02. The van der Waals surface area contributed by atoms with Crippen molar-refractivity contribution in [3.8, 4) is 12.3 Å². The third kappa shape index (κ3) is 1.52. The zero-order valence-corrected chi connectivity index (χ0v) is 6.34. The zero-order valence-electron chi connectivity index (χ0n) is 6.34. The summed E-state index contributed by atoms with van der Waals surface area (Å²) < 4.78 is 0. The van der Waals surface area contributed by atoms with Gasteiger partial charge in [-0.25, -0.2) is 0 Å². The van der Waals surface area contributed by atoms with Gasteiger partial charge >= 0.3 is 0 Å². The molecule has 0 aromatic carbocycles. The highest BCUT2D eigenvalue weighted by atomic mass is 14.6. The predicted molar refractivity (Wildman–Crippen MR) is 43.3 cm³/mol. The fourth-order valence-corrected chi connectivity index (χ4v) is 1.84. The molecule has 1 saturated carbocycles. The molecule has 56 valence electrons. The Morgan fingerprint density at radius 2 is 2.10 bits per heavy atom. The van der Waals surface area contributed by atoms with Crippen LogP contribution in [-0.2, 0) is 0 Å². The van der Waals surface area contributed by atoms with E-state index in [9.17, 15) is 0 Å². The summed E-state index contributed by atoms with van der Waals surface area (Å²) in [6.07, 6.45) is 10.1. The summed E-state index contributed by atoms with van der Waals surface area (Å²) in [5.41, 5.74) is 5.59. The summed E-state index contributed by atoms with van der Waals surface area (Å²) in [6, 6.07) is 0. The molecule has 2 atom stereocenters. The van der Waals surface area contributed by atoms with Gasteiger partial charge in [-0.15, -0.1) is 12.3 Å². The van der Waals surface area contributed by atoms with Crippen LogP contribution >= 0.6 is 0 Å². The topological polar surface area (TPSA) is 26.0 Å². The Morgan fingerprint density at radius 3 is 2.70 bits per heavy atom. The summed E-state index contributed by atoms with van der Waals surface area (Å²) in [6.45, 7) is 0.826. The van der Waals surface area contributed by atoms with Crippen LogP contribution in [0.15, 0.2) is 0 Å². The van der Waals surface area contributed by atoms with E-state index in [0.29, 0.717) is 0 Å². The fraction of sp³-hybridized carbons (Fsp3) is 0.778. The molecule has 0 saturated heterocycles. The number of terminal acetylenes is 1. The first-order valence-corrected chi connectivity index (χ1v) is 4.02. The van der Waals surface area contributed by atoms with Crippen LogP contribution < -0.4 is 5.73 Å². The number of hydrogen-bond donors (Lipinski definition) is 1. The summed E-state index contributed by atoms with van der Waals surface area (Å²) in [5, 5.41) is 0. The highest BCUT2D eigenvalue weighted by Gasteiger charge is 2.24. The van der Waals surface area contributed by atoms with Gasteiger partial charge in [0.05, 0.1) is 0 Å². The Balaban J connectivity index is 2.36. The maximum Gasteiger partial charge on any atom is 0.0117 e. The standard InChI is InChI=1S/C9H15N/c1-2-4-8-5-3-6-9(8)7-10/h1,8-9H,3-7,10H2. The van der Waals surface area contributed by atoms with Crippen molar-refractivity contribution >= 4 is 0 Å². The summed E-state index contributed by atoms with van der Waals surface area (Å²) in [5.74, 6) is 4.17. The van der Waals surface area contributed by atoms with Crippen molar-refractivity contribution in [3.05, 3.63) is 0 Å². The fourth-order valence-electron chi connectivity index (χ4n) is 1.84. The van der Waals surface area contributed by atoms with Gasteiger partial charge in [-0.2, -0.15) is 0 Å². The maximum absolute atomic E-state index is 5.59. The summed E-state index contributed by atoms with van der Waals surface area (Å²) >= 11 is 0. The highest BCUT2D eigenvalue weighted by molar-refractivity contribution is 4.91. The van der Waals surface area contributed by atoms with Crippen LogP contribution in [0.4, 0.5) is 0 Å². The monoisotopic (exact) mass is 137 g/mol. The minimum Gasteiger partial charge on any atom is -0.330 e. The second-order valence-electron chi connectivity index (χ2n) is 3.10. The Labute approximate surface area is 63.0 Å². The molecule has 0 spiro atoms. The lowest BCUT2D eigenvalue weighted by Crippen LogP contribution is -2.17. The zero-order chi connectivity index (χ0) is 7.40. The van der Waals surface area contributed by atoms with Gasteiger partial charge in [-0.3, -0.25) is 0 Å². The van der Waals surface area contributed by atoms with Crippen LogP contribution in [-0.4, -0.2) is 6.54 Å². The van der Waals surface area contributed by atoms with Crippen molar-refractivity contribution in [3.63, 3.8) is 0 Å². The molecule has 0 aromatic rings. The molecule has 1 nitrogen and oxygen atoms in total. The molecule has 1 aliphatic rings. The average Bonchev–Trinajstić information content (AvgIpc) is 2.36. The van der Waals surface area contributed by atoms with Gasteiger partial charge < -0.3 is 5.73 Å². The SMILES string of the molecule is C#CCC1CCCC1CN. The van der Waals surface area contributed by atoms with E-state index < -0.39 is 0 Å². The molecule has 0 aliphatic heterocycles. The van der Waals surface area contributed by atoms with Gasteiger partial charge in [0, 0.05) is 6.42 Å². The summed E-state index contributed by atoms with van der Waals surface area (Å²) in [4.78, 5) is 0. The molecule has 10 heavy (non-hydrogen) atoms. The van der Waals surface area contributed by atoms with Crippen LogP contribution in [0.2, 0.25) is 0 Å². The van der Waals surface area contributed by atoms with E-state index >= 15 is 0 Å². The smallest absolute Gasteiger partial charge is 0.0117 e. The molecule has 2 N–H and O–H groups in total. The Hall–Kier alpha value is -0.480. The van der Waals surface area contributed by atoms with Crippen LogP contribution in [0.3, 0.4) is 0 Å². The van der Waals surface area contributed by atoms with Gasteiger partial charge in [0.25, 0.3) is 0 Å². The highest BCUT2D eigenvalue weighted by Crippen LogP contribution is 2.32. The predicted octanol–water partition coefficient (Wildman–Crippen LogP) is 1.38. The van der Waals surface area contributed by atoms with E-state index in [0.717, 1.165) is 24.8 Å². The molecule has 1 rings (SSSR count). The number of nitrogens with two attached hydrogens (primary N) is 1. The van der Waals surface area contributed by atoms with Gasteiger partial charge in [0.15, 0.2) is 0 Å². The molecular formula is C9H15N. The minimum atomic E-state index is 0.719. The van der Waals surface area contributed by atoms with E-state index in [1.54, 1.807) is 0 Å². The molecule has 1 aliphatic carbocycles.